The molecule has 0 unspecified atom stereocenters. The summed E-state index contributed by atoms with van der Waals surface area (Å²) in [4.78, 5) is 28.7. The van der Waals surface area contributed by atoms with Gasteiger partial charge in [0.15, 0.2) is 5.72 Å². The maximum atomic E-state index is 13.5. The first-order chi connectivity index (χ1) is 14.0. The second-order valence-corrected chi connectivity index (χ2v) is 8.54. The summed E-state index contributed by atoms with van der Waals surface area (Å²) in [5, 5.41) is 3.03. The fraction of sp³-hybridized carbons (Fsp3) is 0.417. The van der Waals surface area contributed by atoms with Crippen LogP contribution in [0.2, 0.25) is 0 Å². The van der Waals surface area contributed by atoms with Gasteiger partial charge in [0.2, 0.25) is 11.8 Å². The van der Waals surface area contributed by atoms with Gasteiger partial charge in [0.05, 0.1) is 0 Å². The molecule has 1 saturated heterocycles. The molecule has 3 aliphatic rings. The Morgan fingerprint density at radius 2 is 1.90 bits per heavy atom. The van der Waals surface area contributed by atoms with Gasteiger partial charge < -0.3 is 15.0 Å². The van der Waals surface area contributed by atoms with Crippen LogP contribution in [0.1, 0.15) is 42.7 Å². The minimum Gasteiger partial charge on any atom is -0.467 e. The van der Waals surface area contributed by atoms with Crippen LogP contribution in [0.4, 0.5) is 5.69 Å². The lowest BCUT2D eigenvalue weighted by molar-refractivity contribution is -0.201. The number of amides is 2. The zero-order chi connectivity index (χ0) is 20.2. The fourth-order valence-electron chi connectivity index (χ4n) is 5.64. The van der Waals surface area contributed by atoms with Crippen LogP contribution in [0, 0.1) is 18.8 Å². The number of fused-ring (bicyclic) bond motifs is 2. The molecule has 0 aromatic heterocycles. The predicted molar refractivity (Wildman–Crippen MR) is 111 cm³/mol. The van der Waals surface area contributed by atoms with Crippen molar-refractivity contribution in [1.82, 2.24) is 4.90 Å². The van der Waals surface area contributed by atoms with E-state index in [9.17, 15) is 9.59 Å². The molecule has 1 saturated carbocycles. The summed E-state index contributed by atoms with van der Waals surface area (Å²) in [6.45, 7) is 1.96. The quantitative estimate of drug-likeness (QED) is 0.786. The minimum absolute atomic E-state index is 0.126. The van der Waals surface area contributed by atoms with Crippen LogP contribution in [0.5, 0.6) is 5.75 Å². The lowest BCUT2D eigenvalue weighted by Crippen LogP contribution is -2.70. The van der Waals surface area contributed by atoms with Crippen LogP contribution in [-0.2, 0) is 9.59 Å². The maximum absolute atomic E-state index is 13.5. The van der Waals surface area contributed by atoms with Crippen molar-refractivity contribution in [3.63, 3.8) is 0 Å². The summed E-state index contributed by atoms with van der Waals surface area (Å²) in [5.74, 6) is -0.343. The summed E-state index contributed by atoms with van der Waals surface area (Å²) in [7, 11) is 1.80. The largest absolute Gasteiger partial charge is 0.467 e. The van der Waals surface area contributed by atoms with Gasteiger partial charge in [-0.25, -0.2) is 0 Å². The summed E-state index contributed by atoms with van der Waals surface area (Å²) in [6, 6.07) is 15.6. The van der Waals surface area contributed by atoms with Crippen molar-refractivity contribution < 1.29 is 14.3 Å². The highest BCUT2D eigenvalue weighted by Gasteiger charge is 2.63. The number of para-hydroxylation sites is 2. The van der Waals surface area contributed by atoms with Crippen molar-refractivity contribution in [2.75, 3.05) is 12.4 Å². The van der Waals surface area contributed by atoms with Gasteiger partial charge >= 0.3 is 0 Å². The molecule has 2 aromatic rings. The molecule has 150 valence electrons. The van der Waals surface area contributed by atoms with E-state index in [-0.39, 0.29) is 23.7 Å². The number of likely N-dealkylation sites (tertiary alicyclic amines) is 1. The van der Waals surface area contributed by atoms with E-state index in [0.29, 0.717) is 0 Å². The molecule has 2 heterocycles. The summed E-state index contributed by atoms with van der Waals surface area (Å²) < 4.78 is 6.52. The van der Waals surface area contributed by atoms with Crippen molar-refractivity contribution in [3.05, 3.63) is 59.7 Å². The third kappa shape index (κ3) is 2.60. The number of rotatable bonds is 2. The molecule has 29 heavy (non-hydrogen) atoms. The van der Waals surface area contributed by atoms with Crippen LogP contribution in [-0.4, -0.2) is 29.5 Å². The van der Waals surface area contributed by atoms with E-state index in [2.05, 4.69) is 5.32 Å². The highest BCUT2D eigenvalue weighted by molar-refractivity contribution is 6.08. The lowest BCUT2D eigenvalue weighted by atomic mass is 9.61. The Morgan fingerprint density at radius 3 is 2.72 bits per heavy atom. The zero-order valence-corrected chi connectivity index (χ0v) is 16.9. The Morgan fingerprint density at radius 1 is 1.14 bits per heavy atom. The molecule has 4 atom stereocenters. The van der Waals surface area contributed by atoms with Gasteiger partial charge in [0.1, 0.15) is 11.7 Å². The van der Waals surface area contributed by atoms with Crippen LogP contribution >= 0.6 is 0 Å². The first-order valence-corrected chi connectivity index (χ1v) is 10.4. The van der Waals surface area contributed by atoms with E-state index in [1.807, 2.05) is 55.5 Å². The van der Waals surface area contributed by atoms with Gasteiger partial charge in [-0.05, 0) is 43.0 Å². The molecular formula is C24H26N2O3. The molecular weight excluding hydrogens is 364 g/mol. The number of ether oxygens (including phenoxy) is 1. The van der Waals surface area contributed by atoms with E-state index in [1.165, 1.54) is 0 Å². The van der Waals surface area contributed by atoms with E-state index in [0.717, 1.165) is 48.2 Å². The molecule has 0 spiro atoms. The van der Waals surface area contributed by atoms with Gasteiger partial charge in [-0.2, -0.15) is 0 Å². The normalized spacial score (nSPS) is 30.1. The van der Waals surface area contributed by atoms with E-state index in [1.54, 1.807) is 11.9 Å². The zero-order valence-electron chi connectivity index (χ0n) is 16.9. The molecule has 5 heteroatoms. The van der Waals surface area contributed by atoms with Gasteiger partial charge in [-0.3, -0.25) is 9.59 Å². The Bertz CT molecular complexity index is 988. The SMILES string of the molecule is Cc1ccccc1NC(=O)[C@@H]1C(=O)N(C)[C@@]23CCCC[C@@H]2[C@@H]1c1ccccc1O3. The number of aryl methyl sites for hydroxylation is 1. The number of benzene rings is 2. The molecule has 5 nitrogen and oxygen atoms in total. The van der Waals surface area contributed by atoms with E-state index < -0.39 is 11.6 Å². The summed E-state index contributed by atoms with van der Waals surface area (Å²) >= 11 is 0. The van der Waals surface area contributed by atoms with Crippen LogP contribution < -0.4 is 10.1 Å². The number of anilines is 1. The Balaban J connectivity index is 1.60. The third-order valence-electron chi connectivity index (χ3n) is 7.09. The number of piperidine rings is 1. The van der Waals surface area contributed by atoms with Crippen molar-refractivity contribution in [3.8, 4) is 5.75 Å². The van der Waals surface area contributed by atoms with E-state index in [4.69, 9.17) is 4.74 Å². The van der Waals surface area contributed by atoms with Crippen molar-refractivity contribution in [1.29, 1.82) is 0 Å². The molecule has 2 aliphatic heterocycles. The number of carbonyl (C=O) groups is 2. The average Bonchev–Trinajstić information content (AvgIpc) is 2.73. The molecule has 2 amide bonds. The lowest BCUT2D eigenvalue weighted by Gasteiger charge is -2.59. The van der Waals surface area contributed by atoms with Crippen molar-refractivity contribution in [2.24, 2.45) is 11.8 Å². The van der Waals surface area contributed by atoms with E-state index >= 15 is 0 Å². The fourth-order valence-corrected chi connectivity index (χ4v) is 5.64. The summed E-state index contributed by atoms with van der Waals surface area (Å²) in [6.07, 6.45) is 3.91. The topological polar surface area (TPSA) is 58.6 Å². The molecule has 2 bridgehead atoms. The average molecular weight is 390 g/mol. The Hall–Kier alpha value is -2.82. The number of nitrogens with one attached hydrogen (secondary N) is 1. The number of nitrogens with zero attached hydrogens (tertiary/aromatic N) is 1. The molecule has 2 fully saturated rings. The first-order valence-electron chi connectivity index (χ1n) is 10.4. The van der Waals surface area contributed by atoms with Crippen LogP contribution in [0.25, 0.3) is 0 Å². The Kier molecular flexibility index (Phi) is 4.16. The van der Waals surface area contributed by atoms with Crippen LogP contribution in [0.15, 0.2) is 48.5 Å². The Labute approximate surface area is 171 Å². The molecule has 2 aromatic carbocycles. The monoisotopic (exact) mass is 390 g/mol. The predicted octanol–water partition coefficient (Wildman–Crippen LogP) is 4.08. The minimum atomic E-state index is -0.749. The smallest absolute Gasteiger partial charge is 0.238 e. The highest BCUT2D eigenvalue weighted by atomic mass is 16.5. The van der Waals surface area contributed by atoms with Gasteiger partial charge in [-0.1, -0.05) is 42.8 Å². The summed E-state index contributed by atoms with van der Waals surface area (Å²) in [5.41, 5.74) is 2.10. The van der Waals surface area contributed by atoms with Gasteiger partial charge in [0, 0.05) is 31.0 Å². The molecule has 1 N–H and O–H groups in total. The second kappa shape index (κ2) is 6.61. The number of hydrogen-bond acceptors (Lipinski definition) is 3. The van der Waals surface area contributed by atoms with Gasteiger partial charge in [0.25, 0.3) is 0 Å². The number of carbonyl (C=O) groups excluding carboxylic acids is 2. The molecule has 1 aliphatic carbocycles. The standard InChI is InChI=1S/C24H26N2O3/c1-15-9-3-5-12-18(15)25-22(27)21-20-16-10-4-6-13-19(16)29-24(26(2)23(21)28)14-8-7-11-17(20)24/h3-6,9-10,12-13,17,20-21H,7-8,11,14H2,1-2H3,(H,25,27)/t17-,20+,21-,24-/m1/s1. The van der Waals surface area contributed by atoms with Crippen molar-refractivity contribution >= 4 is 17.5 Å². The number of hydrogen-bond donors (Lipinski definition) is 1. The maximum Gasteiger partial charge on any atom is 0.238 e. The van der Waals surface area contributed by atoms with Crippen LogP contribution in [0.3, 0.4) is 0 Å². The first kappa shape index (κ1) is 18.2. The molecule has 5 rings (SSSR count). The highest BCUT2D eigenvalue weighted by Crippen LogP contribution is 2.58. The van der Waals surface area contributed by atoms with Crippen molar-refractivity contribution in [2.45, 2.75) is 44.2 Å². The second-order valence-electron chi connectivity index (χ2n) is 8.54. The molecule has 0 radical (unpaired) electrons. The van der Waals surface area contributed by atoms with Gasteiger partial charge in [-0.15, -0.1) is 0 Å². The third-order valence-corrected chi connectivity index (χ3v) is 7.09.